The van der Waals surface area contributed by atoms with Gasteiger partial charge in [0.15, 0.2) is 0 Å². The van der Waals surface area contributed by atoms with E-state index in [9.17, 15) is 9.90 Å². The molecule has 2 rings (SSSR count). The van der Waals surface area contributed by atoms with Gasteiger partial charge in [-0.05, 0) is 19.4 Å². The number of hydrogen-bond acceptors (Lipinski definition) is 5. The van der Waals surface area contributed by atoms with E-state index in [2.05, 4.69) is 15.3 Å². The Kier molecular flexibility index (Phi) is 4.93. The van der Waals surface area contributed by atoms with E-state index in [0.29, 0.717) is 6.54 Å². The zero-order chi connectivity index (χ0) is 13.7. The third-order valence-corrected chi connectivity index (χ3v) is 3.34. The van der Waals surface area contributed by atoms with Gasteiger partial charge in [-0.2, -0.15) is 5.10 Å². The van der Waals surface area contributed by atoms with Gasteiger partial charge in [-0.3, -0.25) is 4.79 Å². The van der Waals surface area contributed by atoms with Crippen molar-refractivity contribution in [3.63, 3.8) is 0 Å². The van der Waals surface area contributed by atoms with Crippen molar-refractivity contribution in [3.8, 4) is 0 Å². The molecule has 1 atom stereocenters. The summed E-state index contributed by atoms with van der Waals surface area (Å²) in [4.78, 5) is 14.1. The summed E-state index contributed by atoms with van der Waals surface area (Å²) in [6.45, 7) is 5.46. The molecule has 1 unspecified atom stereocenters. The molecule has 6 nitrogen and oxygen atoms in total. The lowest BCUT2D eigenvalue weighted by Crippen LogP contribution is -2.35. The molecule has 2 N–H and O–H groups in total. The highest BCUT2D eigenvalue weighted by Crippen LogP contribution is 2.16. The van der Waals surface area contributed by atoms with E-state index in [1.807, 2.05) is 6.92 Å². The third-order valence-electron chi connectivity index (χ3n) is 3.34. The zero-order valence-electron chi connectivity index (χ0n) is 11.4. The number of hydrogen-bond donors (Lipinski definition) is 2. The van der Waals surface area contributed by atoms with Crippen LogP contribution in [-0.2, 0) is 6.54 Å². The molecule has 1 aromatic rings. The summed E-state index contributed by atoms with van der Waals surface area (Å²) in [6, 6.07) is 1.61. The van der Waals surface area contributed by atoms with Gasteiger partial charge in [-0.15, -0.1) is 0 Å². The predicted molar refractivity (Wildman–Crippen MR) is 74.5 cm³/mol. The van der Waals surface area contributed by atoms with E-state index in [1.54, 1.807) is 12.3 Å². The van der Waals surface area contributed by atoms with Crippen LogP contribution < -0.4 is 15.8 Å². The van der Waals surface area contributed by atoms with Gasteiger partial charge in [0, 0.05) is 25.7 Å². The second-order valence-electron chi connectivity index (χ2n) is 4.89. The van der Waals surface area contributed by atoms with Crippen LogP contribution in [-0.4, -0.2) is 47.2 Å². The van der Waals surface area contributed by atoms with Crippen LogP contribution in [0.4, 0.5) is 5.69 Å². The van der Waals surface area contributed by atoms with Crippen molar-refractivity contribution in [1.29, 1.82) is 0 Å². The largest absolute Gasteiger partial charge is 0.390 e. The molecule has 0 aromatic carbocycles. The number of nitrogens with zero attached hydrogens (tertiary/aromatic N) is 3. The van der Waals surface area contributed by atoms with Crippen LogP contribution in [0.3, 0.4) is 0 Å². The molecule has 2 heterocycles. The molecule has 1 fully saturated rings. The summed E-state index contributed by atoms with van der Waals surface area (Å²) in [5, 5.41) is 17.0. The van der Waals surface area contributed by atoms with Crippen LogP contribution >= 0.6 is 0 Å². The Morgan fingerprint density at radius 2 is 2.21 bits per heavy atom. The molecule has 1 aromatic heterocycles. The maximum Gasteiger partial charge on any atom is 0.268 e. The van der Waals surface area contributed by atoms with Crippen LogP contribution in [0.2, 0.25) is 0 Å². The van der Waals surface area contributed by atoms with Gasteiger partial charge in [0.05, 0.1) is 24.5 Å². The maximum atomic E-state index is 11.9. The van der Waals surface area contributed by atoms with E-state index in [-0.39, 0.29) is 12.1 Å². The molecule has 0 spiro atoms. The molecular weight excluding hydrogens is 244 g/mol. The Labute approximate surface area is 113 Å². The molecule has 1 saturated heterocycles. The lowest BCUT2D eigenvalue weighted by Gasteiger charge is -2.17. The Hall–Kier alpha value is -1.40. The van der Waals surface area contributed by atoms with E-state index < -0.39 is 6.10 Å². The normalized spacial score (nSPS) is 16.8. The van der Waals surface area contributed by atoms with Crippen LogP contribution in [0.5, 0.6) is 0 Å². The molecule has 0 aliphatic carbocycles. The number of likely N-dealkylation sites (N-methyl/N-ethyl adjacent to an activating group) is 1. The average molecular weight is 266 g/mol. The molecule has 0 saturated carbocycles. The lowest BCUT2D eigenvalue weighted by atomic mass is 10.3. The molecule has 0 bridgehead atoms. The quantitative estimate of drug-likeness (QED) is 0.747. The van der Waals surface area contributed by atoms with Gasteiger partial charge in [0.25, 0.3) is 5.56 Å². The van der Waals surface area contributed by atoms with Crippen LogP contribution in [0, 0.1) is 0 Å². The molecule has 106 valence electrons. The van der Waals surface area contributed by atoms with Crippen LogP contribution in [0.25, 0.3) is 0 Å². The Bertz CT molecular complexity index is 454. The number of rotatable bonds is 6. The number of aliphatic hydroxyl groups is 1. The van der Waals surface area contributed by atoms with Crippen molar-refractivity contribution in [1.82, 2.24) is 15.1 Å². The first-order valence-electron chi connectivity index (χ1n) is 6.91. The minimum absolute atomic E-state index is 0.153. The Balaban J connectivity index is 2.00. The van der Waals surface area contributed by atoms with Crippen LogP contribution in [0.15, 0.2) is 17.1 Å². The van der Waals surface area contributed by atoms with Gasteiger partial charge < -0.3 is 15.3 Å². The molecule has 1 aliphatic heterocycles. The average Bonchev–Trinajstić information content (AvgIpc) is 2.92. The molecule has 0 radical (unpaired) electrons. The fourth-order valence-corrected chi connectivity index (χ4v) is 2.28. The molecule has 6 heteroatoms. The fraction of sp³-hybridized carbons (Fsp3) is 0.692. The summed E-state index contributed by atoms with van der Waals surface area (Å²) in [7, 11) is 0. The highest BCUT2D eigenvalue weighted by Gasteiger charge is 2.14. The highest BCUT2D eigenvalue weighted by atomic mass is 16.3. The number of anilines is 1. The number of aliphatic hydroxyl groups excluding tert-OH is 1. The first-order valence-corrected chi connectivity index (χ1v) is 6.91. The first-order chi connectivity index (χ1) is 9.20. The van der Waals surface area contributed by atoms with E-state index in [1.165, 1.54) is 17.5 Å². The lowest BCUT2D eigenvalue weighted by molar-refractivity contribution is 0.145. The first kappa shape index (κ1) is 14.0. The zero-order valence-corrected chi connectivity index (χ0v) is 11.4. The second-order valence-corrected chi connectivity index (χ2v) is 4.89. The Morgan fingerprint density at radius 1 is 1.47 bits per heavy atom. The molecule has 0 amide bonds. The summed E-state index contributed by atoms with van der Waals surface area (Å²) in [5.41, 5.74) is 0.736. The van der Waals surface area contributed by atoms with Crippen molar-refractivity contribution in [3.05, 3.63) is 22.6 Å². The van der Waals surface area contributed by atoms with Gasteiger partial charge in [0.2, 0.25) is 0 Å². The van der Waals surface area contributed by atoms with E-state index in [4.69, 9.17) is 0 Å². The predicted octanol–water partition coefficient (Wildman–Crippen LogP) is -0.186. The molecular formula is C13H22N4O2. The molecule has 19 heavy (non-hydrogen) atoms. The second kappa shape index (κ2) is 6.68. The van der Waals surface area contributed by atoms with E-state index in [0.717, 1.165) is 25.3 Å². The molecule has 1 aliphatic rings. The van der Waals surface area contributed by atoms with Gasteiger partial charge in [-0.1, -0.05) is 6.92 Å². The van der Waals surface area contributed by atoms with Crippen molar-refractivity contribution >= 4 is 5.69 Å². The monoisotopic (exact) mass is 266 g/mol. The summed E-state index contributed by atoms with van der Waals surface area (Å²) >= 11 is 0. The van der Waals surface area contributed by atoms with E-state index >= 15 is 0 Å². The Morgan fingerprint density at radius 3 is 2.84 bits per heavy atom. The van der Waals surface area contributed by atoms with Crippen molar-refractivity contribution in [2.45, 2.75) is 32.4 Å². The van der Waals surface area contributed by atoms with Crippen molar-refractivity contribution in [2.75, 3.05) is 31.1 Å². The third kappa shape index (κ3) is 3.78. The summed E-state index contributed by atoms with van der Waals surface area (Å²) in [5.74, 6) is 0. The number of aromatic nitrogens is 2. The fourth-order valence-electron chi connectivity index (χ4n) is 2.28. The van der Waals surface area contributed by atoms with Gasteiger partial charge in [0.1, 0.15) is 0 Å². The maximum absolute atomic E-state index is 11.9. The SMILES string of the molecule is CCNCC(O)Cn1ncc(N2CCCC2)cc1=O. The standard InChI is InChI=1S/C13H22N4O2/c1-2-14-9-12(18)10-17-13(19)7-11(8-15-17)16-5-3-4-6-16/h7-8,12,14,18H,2-6,9-10H2,1H3. The minimum atomic E-state index is -0.595. The topological polar surface area (TPSA) is 70.4 Å². The van der Waals surface area contributed by atoms with Crippen molar-refractivity contribution in [2.24, 2.45) is 0 Å². The van der Waals surface area contributed by atoms with Crippen molar-refractivity contribution < 1.29 is 5.11 Å². The van der Waals surface area contributed by atoms with Gasteiger partial charge in [-0.25, -0.2) is 4.68 Å². The van der Waals surface area contributed by atoms with Crippen LogP contribution in [0.1, 0.15) is 19.8 Å². The highest BCUT2D eigenvalue weighted by molar-refractivity contribution is 5.43. The minimum Gasteiger partial charge on any atom is -0.390 e. The summed E-state index contributed by atoms with van der Waals surface area (Å²) in [6.07, 6.45) is 3.46. The number of nitrogens with one attached hydrogen (secondary N) is 1. The smallest absolute Gasteiger partial charge is 0.268 e. The van der Waals surface area contributed by atoms with Gasteiger partial charge >= 0.3 is 0 Å². The summed E-state index contributed by atoms with van der Waals surface area (Å²) < 4.78 is 1.32.